The molecule has 4 rings (SSSR count). The molecular weight excluding hydrogens is 721 g/mol. The molecule has 4 fully saturated rings. The monoisotopic (exact) mass is 817 g/mol. The zero-order valence-electron chi connectivity index (χ0n) is 39.2. The average molecular weight is 817 g/mol. The van der Waals surface area contributed by atoms with E-state index in [0.29, 0.717) is 38.4 Å². The quantitative estimate of drug-likeness (QED) is 0.0360. The molecule has 58 heavy (non-hydrogen) atoms. The Balaban J connectivity index is 0.00000374. The summed E-state index contributed by atoms with van der Waals surface area (Å²) in [4.78, 5) is 37.6. The van der Waals surface area contributed by atoms with E-state index in [1.165, 1.54) is 116 Å². The van der Waals surface area contributed by atoms with Crippen LogP contribution in [-0.4, -0.2) is 37.2 Å². The Morgan fingerprint density at radius 2 is 0.948 bits per heavy atom. The lowest BCUT2D eigenvalue weighted by Crippen LogP contribution is -2.37. The van der Waals surface area contributed by atoms with Gasteiger partial charge in [0.25, 0.3) is 0 Å². The third-order valence-electron chi connectivity index (χ3n) is 13.6. The SMILES string of the molecule is CCC.CCCCCCC(CCCCCC)CCOC(=O)CCCCCCCC(CCCCCCCC(=O)OCC12CCC3CC(CC(C3)C1)C2)OC(=O)CCCC. The molecule has 0 amide bonds. The number of carbonyl (C=O) groups is 3. The number of hydrogen-bond donors (Lipinski definition) is 0. The van der Waals surface area contributed by atoms with Crippen LogP contribution < -0.4 is 0 Å². The molecule has 3 atom stereocenters. The van der Waals surface area contributed by atoms with Crippen LogP contribution in [0, 0.1) is 29.1 Å². The van der Waals surface area contributed by atoms with E-state index < -0.39 is 0 Å². The van der Waals surface area contributed by atoms with E-state index >= 15 is 0 Å². The fourth-order valence-corrected chi connectivity index (χ4v) is 10.5. The number of hydrogen-bond acceptors (Lipinski definition) is 6. The highest BCUT2D eigenvalue weighted by atomic mass is 16.5. The van der Waals surface area contributed by atoms with Gasteiger partial charge in [0.2, 0.25) is 0 Å². The van der Waals surface area contributed by atoms with Crippen molar-refractivity contribution in [2.75, 3.05) is 13.2 Å². The molecule has 0 aliphatic heterocycles. The fraction of sp³-hybridized carbons (Fsp3) is 0.942. The van der Waals surface area contributed by atoms with Gasteiger partial charge in [-0.1, -0.05) is 150 Å². The van der Waals surface area contributed by atoms with Crippen molar-refractivity contribution >= 4 is 17.9 Å². The van der Waals surface area contributed by atoms with Crippen molar-refractivity contribution in [3.05, 3.63) is 0 Å². The van der Waals surface area contributed by atoms with Gasteiger partial charge < -0.3 is 14.2 Å². The summed E-state index contributed by atoms with van der Waals surface area (Å²) in [6.45, 7) is 12.1. The van der Waals surface area contributed by atoms with Gasteiger partial charge in [-0.3, -0.25) is 14.4 Å². The summed E-state index contributed by atoms with van der Waals surface area (Å²) in [5.74, 6) is 3.33. The molecule has 4 saturated carbocycles. The standard InChI is InChI=1S/C49H88O6.C3H8/c1-4-7-10-18-24-41(25-19-11-8-5-2)32-34-53-46(50)29-22-16-12-14-20-26-45(55-48(52)28-9-6-3)27-21-15-13-17-23-30-47(51)54-40-49-33-31-42-35-43(38-49)37-44(36-42)39-49;1-3-2/h41-45H,4-40H2,1-3H3;3H2,1-2H3. The number of rotatable bonds is 35. The van der Waals surface area contributed by atoms with Crippen LogP contribution in [0.15, 0.2) is 0 Å². The first-order valence-electron chi connectivity index (χ1n) is 25.8. The summed E-state index contributed by atoms with van der Waals surface area (Å²) in [5.41, 5.74) is 0.283. The number of esters is 3. The van der Waals surface area contributed by atoms with E-state index in [9.17, 15) is 14.4 Å². The molecule has 0 N–H and O–H groups in total. The fourth-order valence-electron chi connectivity index (χ4n) is 10.5. The lowest BCUT2D eigenvalue weighted by Gasteiger charge is -2.44. The predicted octanol–water partition coefficient (Wildman–Crippen LogP) is 15.6. The lowest BCUT2D eigenvalue weighted by atomic mass is 9.62. The van der Waals surface area contributed by atoms with Gasteiger partial charge in [-0.25, -0.2) is 0 Å². The third-order valence-corrected chi connectivity index (χ3v) is 13.6. The number of carbonyl (C=O) groups excluding carboxylic acids is 3. The van der Waals surface area contributed by atoms with Gasteiger partial charge in [-0.2, -0.15) is 0 Å². The van der Waals surface area contributed by atoms with Crippen molar-refractivity contribution in [3.8, 4) is 0 Å². The van der Waals surface area contributed by atoms with Gasteiger partial charge in [-0.05, 0) is 120 Å². The maximum atomic E-state index is 12.6. The van der Waals surface area contributed by atoms with Crippen LogP contribution >= 0.6 is 0 Å². The molecule has 0 aromatic carbocycles. The van der Waals surface area contributed by atoms with Gasteiger partial charge in [0.05, 0.1) is 13.2 Å². The van der Waals surface area contributed by atoms with Crippen molar-refractivity contribution < 1.29 is 28.6 Å². The Hall–Kier alpha value is -1.59. The predicted molar refractivity (Wildman–Crippen MR) is 243 cm³/mol. The lowest BCUT2D eigenvalue weighted by molar-refractivity contribution is -0.150. The molecule has 4 aliphatic carbocycles. The van der Waals surface area contributed by atoms with Crippen LogP contribution in [0.4, 0.5) is 0 Å². The van der Waals surface area contributed by atoms with Crippen LogP contribution in [0.1, 0.15) is 266 Å². The molecule has 4 bridgehead atoms. The van der Waals surface area contributed by atoms with Crippen molar-refractivity contribution in [2.45, 2.75) is 272 Å². The van der Waals surface area contributed by atoms with Crippen molar-refractivity contribution in [2.24, 2.45) is 29.1 Å². The topological polar surface area (TPSA) is 78.9 Å². The Morgan fingerprint density at radius 1 is 0.500 bits per heavy atom. The van der Waals surface area contributed by atoms with E-state index in [-0.39, 0.29) is 29.4 Å². The highest BCUT2D eigenvalue weighted by Gasteiger charge is 2.48. The van der Waals surface area contributed by atoms with E-state index in [2.05, 4.69) is 34.6 Å². The van der Waals surface area contributed by atoms with Crippen molar-refractivity contribution in [1.29, 1.82) is 0 Å². The van der Waals surface area contributed by atoms with Crippen LogP contribution in [0.25, 0.3) is 0 Å². The van der Waals surface area contributed by atoms with Gasteiger partial charge >= 0.3 is 17.9 Å². The minimum absolute atomic E-state index is 0.00472. The summed E-state index contributed by atoms with van der Waals surface area (Å²) in [5, 5.41) is 0. The van der Waals surface area contributed by atoms with Gasteiger partial charge in [0.15, 0.2) is 0 Å². The van der Waals surface area contributed by atoms with Crippen LogP contribution in [0.3, 0.4) is 0 Å². The minimum atomic E-state index is -0.0488. The largest absolute Gasteiger partial charge is 0.466 e. The average Bonchev–Trinajstić information content (AvgIpc) is 3.41. The third kappa shape index (κ3) is 25.2. The summed E-state index contributed by atoms with van der Waals surface area (Å²) in [6.07, 6.45) is 40.6. The molecule has 6 heteroatoms. The Bertz CT molecular complexity index is 999. The van der Waals surface area contributed by atoms with Gasteiger partial charge in [0.1, 0.15) is 6.10 Å². The van der Waals surface area contributed by atoms with Gasteiger partial charge in [-0.15, -0.1) is 0 Å². The number of unbranched alkanes of at least 4 members (excludes halogenated alkanes) is 15. The van der Waals surface area contributed by atoms with Gasteiger partial charge in [0, 0.05) is 24.7 Å². The molecule has 4 aliphatic rings. The van der Waals surface area contributed by atoms with Crippen molar-refractivity contribution in [1.82, 2.24) is 0 Å². The minimum Gasteiger partial charge on any atom is -0.466 e. The first-order valence-corrected chi connectivity index (χ1v) is 25.8. The number of fused-ring (bicyclic) bond motifs is 1. The maximum absolute atomic E-state index is 12.6. The zero-order valence-corrected chi connectivity index (χ0v) is 39.2. The molecule has 0 aromatic rings. The molecule has 340 valence electrons. The van der Waals surface area contributed by atoms with Crippen LogP contribution in [-0.2, 0) is 28.6 Å². The Labute approximate surface area is 359 Å². The summed E-state index contributed by atoms with van der Waals surface area (Å²) in [6, 6.07) is 0. The highest BCUT2D eigenvalue weighted by molar-refractivity contribution is 5.70. The highest BCUT2D eigenvalue weighted by Crippen LogP contribution is 2.57. The molecule has 0 saturated heterocycles. The summed E-state index contributed by atoms with van der Waals surface area (Å²) < 4.78 is 17.5. The van der Waals surface area contributed by atoms with Crippen LogP contribution in [0.2, 0.25) is 0 Å². The summed E-state index contributed by atoms with van der Waals surface area (Å²) in [7, 11) is 0. The summed E-state index contributed by atoms with van der Waals surface area (Å²) >= 11 is 0. The van der Waals surface area contributed by atoms with E-state index in [0.717, 1.165) is 114 Å². The first-order chi connectivity index (χ1) is 28.3. The second-order valence-corrected chi connectivity index (χ2v) is 19.5. The van der Waals surface area contributed by atoms with E-state index in [4.69, 9.17) is 14.2 Å². The normalized spacial score (nSPS) is 21.3. The molecular formula is C52H96O6. The second-order valence-electron chi connectivity index (χ2n) is 19.5. The molecule has 6 nitrogen and oxygen atoms in total. The number of ether oxygens (including phenoxy) is 3. The molecule has 0 spiro atoms. The molecule has 0 heterocycles. The van der Waals surface area contributed by atoms with E-state index in [1.807, 2.05) is 0 Å². The maximum Gasteiger partial charge on any atom is 0.306 e. The molecule has 0 aromatic heterocycles. The molecule has 0 radical (unpaired) electrons. The first kappa shape index (κ1) is 52.5. The van der Waals surface area contributed by atoms with Crippen LogP contribution in [0.5, 0.6) is 0 Å². The Morgan fingerprint density at radius 3 is 1.50 bits per heavy atom. The second kappa shape index (κ2) is 34.0. The Kier molecular flexibility index (Phi) is 30.8. The smallest absolute Gasteiger partial charge is 0.306 e. The van der Waals surface area contributed by atoms with E-state index in [1.54, 1.807) is 0 Å². The van der Waals surface area contributed by atoms with Crippen molar-refractivity contribution in [3.63, 3.8) is 0 Å². The zero-order chi connectivity index (χ0) is 42.1. The molecule has 3 unspecified atom stereocenters.